The van der Waals surface area contributed by atoms with Crippen LogP contribution in [-0.4, -0.2) is 24.1 Å². The highest BCUT2D eigenvalue weighted by Crippen LogP contribution is 2.25. The summed E-state index contributed by atoms with van der Waals surface area (Å²) in [7, 11) is 0. The van der Waals surface area contributed by atoms with Gasteiger partial charge in [0.15, 0.2) is 0 Å². The van der Waals surface area contributed by atoms with Crippen molar-refractivity contribution >= 4 is 5.91 Å². The normalized spacial score (nSPS) is 22.6. The highest BCUT2D eigenvalue weighted by molar-refractivity contribution is 5.87. The summed E-state index contributed by atoms with van der Waals surface area (Å²) >= 11 is 0. The molecule has 0 bridgehead atoms. The van der Waals surface area contributed by atoms with Crippen molar-refractivity contribution in [2.24, 2.45) is 0 Å². The monoisotopic (exact) mass is 304 g/mol. The number of benzene rings is 1. The Labute approximate surface area is 133 Å². The van der Waals surface area contributed by atoms with Crippen molar-refractivity contribution in [1.82, 2.24) is 10.6 Å². The van der Waals surface area contributed by atoms with Crippen LogP contribution >= 0.6 is 0 Å². The first-order chi connectivity index (χ1) is 10.5. The van der Waals surface area contributed by atoms with Crippen molar-refractivity contribution in [3.63, 3.8) is 0 Å². The molecule has 122 valence electrons. The molecular weight excluding hydrogens is 276 g/mol. The molecule has 2 rings (SSSR count). The number of nitrogens with one attached hydrogen (secondary N) is 2. The van der Waals surface area contributed by atoms with E-state index >= 15 is 0 Å². The van der Waals surface area contributed by atoms with E-state index in [1.807, 2.05) is 45.0 Å². The molecule has 0 spiro atoms. The maximum atomic E-state index is 12.6. The van der Waals surface area contributed by atoms with Crippen molar-refractivity contribution in [3.8, 4) is 5.75 Å². The van der Waals surface area contributed by atoms with Crippen LogP contribution in [0.2, 0.25) is 0 Å². The van der Waals surface area contributed by atoms with E-state index in [2.05, 4.69) is 17.6 Å². The summed E-state index contributed by atoms with van der Waals surface area (Å²) in [4.78, 5) is 12.6. The Balaban J connectivity index is 1.99. The van der Waals surface area contributed by atoms with Gasteiger partial charge in [-0.2, -0.15) is 0 Å². The van der Waals surface area contributed by atoms with Crippen LogP contribution in [0.1, 0.15) is 58.6 Å². The van der Waals surface area contributed by atoms with Crippen molar-refractivity contribution in [3.05, 3.63) is 29.8 Å². The Morgan fingerprint density at radius 1 is 1.32 bits per heavy atom. The summed E-state index contributed by atoms with van der Waals surface area (Å²) < 4.78 is 5.65. The van der Waals surface area contributed by atoms with Gasteiger partial charge in [-0.25, -0.2) is 0 Å². The van der Waals surface area contributed by atoms with Crippen LogP contribution < -0.4 is 15.4 Å². The second-order valence-electron chi connectivity index (χ2n) is 6.40. The van der Waals surface area contributed by atoms with Gasteiger partial charge < -0.3 is 15.4 Å². The number of carbonyl (C=O) groups is 1. The predicted octanol–water partition coefficient (Wildman–Crippen LogP) is 3.18. The summed E-state index contributed by atoms with van der Waals surface area (Å²) in [6, 6.07) is 7.95. The molecule has 4 nitrogen and oxygen atoms in total. The Morgan fingerprint density at radius 3 is 2.50 bits per heavy atom. The highest BCUT2D eigenvalue weighted by Gasteiger charge is 2.39. The van der Waals surface area contributed by atoms with Crippen molar-refractivity contribution in [1.29, 1.82) is 0 Å². The molecule has 0 saturated carbocycles. The van der Waals surface area contributed by atoms with E-state index in [9.17, 15) is 4.79 Å². The zero-order valence-electron chi connectivity index (χ0n) is 14.1. The van der Waals surface area contributed by atoms with E-state index in [-0.39, 0.29) is 23.6 Å². The van der Waals surface area contributed by atoms with E-state index in [1.165, 1.54) is 0 Å². The smallest absolute Gasteiger partial charge is 0.240 e. The van der Waals surface area contributed by atoms with Gasteiger partial charge in [-0.3, -0.25) is 4.79 Å². The summed E-state index contributed by atoms with van der Waals surface area (Å²) in [5, 5.41) is 6.52. The first-order valence-electron chi connectivity index (χ1n) is 8.29. The molecule has 1 aliphatic rings. The third-order valence-electron chi connectivity index (χ3n) is 4.38. The Bertz CT molecular complexity index is 490. The maximum Gasteiger partial charge on any atom is 0.240 e. The standard InChI is InChI=1S/C18H28N2O2/c1-5-18(11-6-12-19-18)17(21)20-14(4)15-7-9-16(10-8-15)22-13(2)3/h7-10,13-14,19H,5-6,11-12H2,1-4H3,(H,20,21). The molecule has 2 unspecified atom stereocenters. The maximum absolute atomic E-state index is 12.6. The molecule has 0 aromatic heterocycles. The fourth-order valence-electron chi connectivity index (χ4n) is 2.99. The third-order valence-corrected chi connectivity index (χ3v) is 4.38. The van der Waals surface area contributed by atoms with Gasteiger partial charge in [-0.1, -0.05) is 19.1 Å². The predicted molar refractivity (Wildman–Crippen MR) is 89.0 cm³/mol. The summed E-state index contributed by atoms with van der Waals surface area (Å²) in [6.45, 7) is 9.04. The quantitative estimate of drug-likeness (QED) is 0.848. The summed E-state index contributed by atoms with van der Waals surface area (Å²) in [6.07, 6.45) is 2.98. The topological polar surface area (TPSA) is 50.4 Å². The molecule has 4 heteroatoms. The SMILES string of the molecule is CCC1(C(=O)NC(C)c2ccc(OC(C)C)cc2)CCCN1. The van der Waals surface area contributed by atoms with Gasteiger partial charge in [0, 0.05) is 0 Å². The number of hydrogen-bond acceptors (Lipinski definition) is 3. The Morgan fingerprint density at radius 2 is 2.00 bits per heavy atom. The highest BCUT2D eigenvalue weighted by atomic mass is 16.5. The van der Waals surface area contributed by atoms with Gasteiger partial charge in [0.2, 0.25) is 5.91 Å². The van der Waals surface area contributed by atoms with Crippen LogP contribution in [0.15, 0.2) is 24.3 Å². The average molecular weight is 304 g/mol. The number of hydrogen-bond donors (Lipinski definition) is 2. The minimum Gasteiger partial charge on any atom is -0.491 e. The van der Waals surface area contributed by atoms with Gasteiger partial charge >= 0.3 is 0 Å². The molecule has 1 aromatic carbocycles. The molecule has 2 N–H and O–H groups in total. The van der Waals surface area contributed by atoms with E-state index in [0.29, 0.717) is 0 Å². The average Bonchev–Trinajstić information content (AvgIpc) is 2.97. The lowest BCUT2D eigenvalue weighted by atomic mass is 9.92. The Kier molecular flexibility index (Phi) is 5.46. The van der Waals surface area contributed by atoms with Gasteiger partial charge in [0.05, 0.1) is 17.7 Å². The van der Waals surface area contributed by atoms with E-state index in [1.54, 1.807) is 0 Å². The molecule has 0 aliphatic carbocycles. The van der Waals surface area contributed by atoms with Crippen LogP contribution in [0.25, 0.3) is 0 Å². The first kappa shape index (κ1) is 16.8. The minimum atomic E-state index is -0.380. The lowest BCUT2D eigenvalue weighted by molar-refractivity contribution is -0.128. The lowest BCUT2D eigenvalue weighted by Crippen LogP contribution is -2.53. The lowest BCUT2D eigenvalue weighted by Gasteiger charge is -2.28. The molecule has 1 saturated heterocycles. The third kappa shape index (κ3) is 3.80. The summed E-state index contributed by atoms with van der Waals surface area (Å²) in [5.41, 5.74) is 0.711. The second-order valence-corrected chi connectivity index (χ2v) is 6.40. The minimum absolute atomic E-state index is 0.00794. The molecule has 0 radical (unpaired) electrons. The molecule has 2 atom stereocenters. The fourth-order valence-corrected chi connectivity index (χ4v) is 2.99. The summed E-state index contributed by atoms with van der Waals surface area (Å²) in [5.74, 6) is 0.974. The number of ether oxygens (including phenoxy) is 1. The van der Waals surface area contributed by atoms with Crippen LogP contribution in [0.3, 0.4) is 0 Å². The van der Waals surface area contributed by atoms with E-state index < -0.39 is 0 Å². The molecular formula is C18H28N2O2. The molecule has 22 heavy (non-hydrogen) atoms. The molecule has 1 fully saturated rings. The van der Waals surface area contributed by atoms with Crippen LogP contribution in [-0.2, 0) is 4.79 Å². The second kappa shape index (κ2) is 7.14. The van der Waals surface area contributed by atoms with Crippen molar-refractivity contribution in [2.75, 3.05) is 6.54 Å². The zero-order valence-corrected chi connectivity index (χ0v) is 14.1. The molecule has 1 aromatic rings. The largest absolute Gasteiger partial charge is 0.491 e. The van der Waals surface area contributed by atoms with Crippen molar-refractivity contribution < 1.29 is 9.53 Å². The Hall–Kier alpha value is -1.55. The zero-order chi connectivity index (χ0) is 16.2. The fraction of sp³-hybridized carbons (Fsp3) is 0.611. The first-order valence-corrected chi connectivity index (χ1v) is 8.29. The van der Waals surface area contributed by atoms with Gasteiger partial charge in [-0.15, -0.1) is 0 Å². The number of amides is 1. The molecule has 1 heterocycles. The van der Waals surface area contributed by atoms with E-state index in [0.717, 1.165) is 37.1 Å². The van der Waals surface area contributed by atoms with Gasteiger partial charge in [-0.05, 0) is 64.3 Å². The molecule has 1 aliphatic heterocycles. The van der Waals surface area contributed by atoms with E-state index in [4.69, 9.17) is 4.74 Å². The van der Waals surface area contributed by atoms with Crippen molar-refractivity contribution in [2.45, 2.75) is 64.6 Å². The van der Waals surface area contributed by atoms with Crippen LogP contribution in [0.4, 0.5) is 0 Å². The number of rotatable bonds is 6. The number of carbonyl (C=O) groups excluding carboxylic acids is 1. The molecule has 1 amide bonds. The van der Waals surface area contributed by atoms with Gasteiger partial charge in [0.1, 0.15) is 5.75 Å². The van der Waals surface area contributed by atoms with Gasteiger partial charge in [0.25, 0.3) is 0 Å². The van der Waals surface area contributed by atoms with Crippen LogP contribution in [0.5, 0.6) is 5.75 Å². The van der Waals surface area contributed by atoms with Crippen LogP contribution in [0, 0.1) is 0 Å².